The van der Waals surface area contributed by atoms with Gasteiger partial charge in [0.25, 0.3) is 0 Å². The summed E-state index contributed by atoms with van der Waals surface area (Å²) in [5.41, 5.74) is 3.24. The van der Waals surface area contributed by atoms with Crippen molar-refractivity contribution in [1.29, 1.82) is 0 Å². The second-order valence-electron chi connectivity index (χ2n) is 7.58. The molecular formula is C26H22N2O3. The van der Waals surface area contributed by atoms with Gasteiger partial charge in [-0.3, -0.25) is 4.79 Å². The predicted molar refractivity (Wildman–Crippen MR) is 122 cm³/mol. The molecule has 1 atom stereocenters. The lowest BCUT2D eigenvalue weighted by Gasteiger charge is -2.17. The number of aromatic amines is 1. The molecule has 2 aromatic heterocycles. The minimum atomic E-state index is -0.743. The van der Waals surface area contributed by atoms with Gasteiger partial charge >= 0.3 is 0 Å². The largest absolute Gasteiger partial charge is 0.487 e. The lowest BCUT2D eigenvalue weighted by atomic mass is 10.0. The highest BCUT2D eigenvalue weighted by Crippen LogP contribution is 2.31. The van der Waals surface area contributed by atoms with E-state index >= 15 is 0 Å². The molecule has 0 aliphatic heterocycles. The van der Waals surface area contributed by atoms with E-state index in [1.165, 1.54) is 6.07 Å². The van der Waals surface area contributed by atoms with Crippen LogP contribution in [0, 0.1) is 0 Å². The zero-order chi connectivity index (χ0) is 21.2. The molecule has 0 bridgehead atoms. The molecule has 5 rings (SSSR count). The SMILES string of the molecule is O=c1ccc2c([C@@H](O)Cn3ccc4ccccc43)ccc(OCc3ccccc3)c2[nH]1. The van der Waals surface area contributed by atoms with Gasteiger partial charge < -0.3 is 19.4 Å². The maximum Gasteiger partial charge on any atom is 0.248 e. The summed E-state index contributed by atoms with van der Waals surface area (Å²) < 4.78 is 8.04. The minimum Gasteiger partial charge on any atom is -0.487 e. The number of aromatic nitrogens is 2. The summed E-state index contributed by atoms with van der Waals surface area (Å²) in [6, 6.07) is 26.9. The van der Waals surface area contributed by atoms with Crippen LogP contribution in [0.4, 0.5) is 0 Å². The van der Waals surface area contributed by atoms with E-state index in [4.69, 9.17) is 4.74 Å². The molecule has 0 saturated heterocycles. The molecule has 0 fully saturated rings. The van der Waals surface area contributed by atoms with E-state index in [2.05, 4.69) is 11.1 Å². The quantitative estimate of drug-likeness (QED) is 0.423. The van der Waals surface area contributed by atoms with E-state index in [1.54, 1.807) is 6.07 Å². The average Bonchev–Trinajstić information content (AvgIpc) is 3.21. The second kappa shape index (κ2) is 8.13. The predicted octanol–water partition coefficient (Wildman–Crippen LogP) is 4.80. The van der Waals surface area contributed by atoms with Gasteiger partial charge in [0.05, 0.1) is 18.2 Å². The maximum atomic E-state index is 12.0. The van der Waals surface area contributed by atoms with E-state index < -0.39 is 6.10 Å². The van der Waals surface area contributed by atoms with Crippen LogP contribution in [0.5, 0.6) is 5.75 Å². The maximum absolute atomic E-state index is 12.0. The van der Waals surface area contributed by atoms with Gasteiger partial charge in [0.1, 0.15) is 12.4 Å². The Kier molecular flexibility index (Phi) is 5.02. The molecule has 0 amide bonds. The number of H-pyrrole nitrogens is 1. The monoisotopic (exact) mass is 410 g/mol. The van der Waals surface area contributed by atoms with Crippen LogP contribution in [-0.2, 0) is 13.2 Å². The van der Waals surface area contributed by atoms with Crippen LogP contribution in [0.15, 0.2) is 95.9 Å². The number of aliphatic hydroxyl groups excluding tert-OH is 1. The molecule has 2 N–H and O–H groups in total. The first kappa shape index (κ1) is 19.2. The van der Waals surface area contributed by atoms with Gasteiger partial charge in [-0.15, -0.1) is 0 Å². The highest BCUT2D eigenvalue weighted by atomic mass is 16.5. The fraction of sp³-hybridized carbons (Fsp3) is 0.115. The summed E-state index contributed by atoms with van der Waals surface area (Å²) in [6.07, 6.45) is 1.24. The Balaban J connectivity index is 1.48. The Bertz CT molecular complexity index is 1400. The molecule has 0 unspecified atom stereocenters. The number of benzene rings is 3. The third-order valence-electron chi connectivity index (χ3n) is 5.54. The molecule has 5 nitrogen and oxygen atoms in total. The highest BCUT2D eigenvalue weighted by Gasteiger charge is 2.16. The van der Waals surface area contributed by atoms with Gasteiger partial charge in [0.15, 0.2) is 0 Å². The van der Waals surface area contributed by atoms with Crippen molar-refractivity contribution in [2.75, 3.05) is 0 Å². The topological polar surface area (TPSA) is 67.2 Å². The smallest absolute Gasteiger partial charge is 0.248 e. The van der Waals surface area contributed by atoms with Crippen molar-refractivity contribution < 1.29 is 9.84 Å². The van der Waals surface area contributed by atoms with Crippen LogP contribution < -0.4 is 10.3 Å². The molecule has 31 heavy (non-hydrogen) atoms. The molecule has 0 radical (unpaired) electrons. The van der Waals surface area contributed by atoms with Crippen molar-refractivity contribution in [3.8, 4) is 5.75 Å². The number of hydrogen-bond donors (Lipinski definition) is 2. The minimum absolute atomic E-state index is 0.208. The molecule has 0 aliphatic rings. The third kappa shape index (κ3) is 3.83. The Labute approximate surface area is 179 Å². The third-order valence-corrected chi connectivity index (χ3v) is 5.54. The van der Waals surface area contributed by atoms with Gasteiger partial charge in [0, 0.05) is 23.2 Å². The fourth-order valence-corrected chi connectivity index (χ4v) is 3.98. The Morgan fingerprint density at radius 1 is 0.903 bits per heavy atom. The van der Waals surface area contributed by atoms with Crippen molar-refractivity contribution in [1.82, 2.24) is 9.55 Å². The summed E-state index contributed by atoms with van der Waals surface area (Å²) in [5, 5.41) is 13.0. The molecule has 3 aromatic carbocycles. The molecule has 0 aliphatic carbocycles. The standard InChI is InChI=1S/C26H22N2O3/c29-23(16-28-15-14-19-8-4-5-9-22(19)28)20-10-12-24(26-21(20)11-13-25(30)27-26)31-17-18-6-2-1-3-7-18/h1-15,23,29H,16-17H2,(H,27,30)/t23-/m0/s1. The fourth-order valence-electron chi connectivity index (χ4n) is 3.98. The van der Waals surface area contributed by atoms with E-state index in [9.17, 15) is 9.90 Å². The van der Waals surface area contributed by atoms with Crippen LogP contribution in [0.25, 0.3) is 21.8 Å². The molecular weight excluding hydrogens is 388 g/mol. The highest BCUT2D eigenvalue weighted by molar-refractivity contribution is 5.88. The molecule has 0 spiro atoms. The number of hydrogen-bond acceptors (Lipinski definition) is 3. The number of aliphatic hydroxyl groups is 1. The van der Waals surface area contributed by atoms with Crippen molar-refractivity contribution in [2.45, 2.75) is 19.3 Å². The number of fused-ring (bicyclic) bond motifs is 2. The van der Waals surface area contributed by atoms with Crippen molar-refractivity contribution in [3.63, 3.8) is 0 Å². The van der Waals surface area contributed by atoms with E-state index in [0.29, 0.717) is 24.4 Å². The number of rotatable bonds is 6. The Hall–Kier alpha value is -3.83. The number of nitrogens with one attached hydrogen (secondary N) is 1. The lowest BCUT2D eigenvalue weighted by Crippen LogP contribution is -2.11. The summed E-state index contributed by atoms with van der Waals surface area (Å²) in [7, 11) is 0. The normalized spacial score (nSPS) is 12.3. The van der Waals surface area contributed by atoms with Crippen LogP contribution in [0.2, 0.25) is 0 Å². The Morgan fingerprint density at radius 2 is 1.71 bits per heavy atom. The number of para-hydroxylation sites is 1. The van der Waals surface area contributed by atoms with Gasteiger partial charge in [-0.05, 0) is 40.8 Å². The molecule has 2 heterocycles. The summed E-state index contributed by atoms with van der Waals surface area (Å²) in [4.78, 5) is 14.9. The van der Waals surface area contributed by atoms with Crippen LogP contribution in [-0.4, -0.2) is 14.7 Å². The van der Waals surface area contributed by atoms with E-state index in [-0.39, 0.29) is 5.56 Å². The van der Waals surface area contributed by atoms with Gasteiger partial charge in [-0.2, -0.15) is 0 Å². The van der Waals surface area contributed by atoms with Gasteiger partial charge in [0.2, 0.25) is 5.56 Å². The Morgan fingerprint density at radius 3 is 2.58 bits per heavy atom. The first-order valence-electron chi connectivity index (χ1n) is 10.2. The van der Waals surface area contributed by atoms with Crippen molar-refractivity contribution >= 4 is 21.8 Å². The lowest BCUT2D eigenvalue weighted by molar-refractivity contribution is 0.159. The molecule has 5 heteroatoms. The van der Waals surface area contributed by atoms with Crippen LogP contribution in [0.3, 0.4) is 0 Å². The number of ether oxygens (including phenoxy) is 1. The van der Waals surface area contributed by atoms with Gasteiger partial charge in [-0.25, -0.2) is 0 Å². The van der Waals surface area contributed by atoms with Crippen LogP contribution >= 0.6 is 0 Å². The summed E-state index contributed by atoms with van der Waals surface area (Å²) >= 11 is 0. The van der Waals surface area contributed by atoms with Crippen molar-refractivity contribution in [3.05, 3.63) is 113 Å². The number of nitrogens with zero attached hydrogens (tertiary/aromatic N) is 1. The molecule has 5 aromatic rings. The molecule has 0 saturated carbocycles. The number of pyridine rings is 1. The van der Waals surface area contributed by atoms with Crippen molar-refractivity contribution in [2.24, 2.45) is 0 Å². The zero-order valence-corrected chi connectivity index (χ0v) is 16.9. The summed E-state index contributed by atoms with van der Waals surface area (Å²) in [6.45, 7) is 0.802. The zero-order valence-electron chi connectivity index (χ0n) is 16.9. The summed E-state index contributed by atoms with van der Waals surface area (Å²) in [5.74, 6) is 0.582. The second-order valence-corrected chi connectivity index (χ2v) is 7.58. The molecule has 154 valence electrons. The first-order valence-corrected chi connectivity index (χ1v) is 10.2. The van der Waals surface area contributed by atoms with Gasteiger partial charge in [-0.1, -0.05) is 54.6 Å². The van der Waals surface area contributed by atoms with E-state index in [0.717, 1.165) is 27.4 Å². The average molecular weight is 410 g/mol. The van der Waals surface area contributed by atoms with Crippen LogP contribution in [0.1, 0.15) is 17.2 Å². The first-order chi connectivity index (χ1) is 15.2. The van der Waals surface area contributed by atoms with E-state index in [1.807, 2.05) is 77.5 Å².